The normalized spacial score (nSPS) is 10.4. The van der Waals surface area contributed by atoms with E-state index in [1.165, 1.54) is 23.1 Å². The monoisotopic (exact) mass is 263 g/mol. The van der Waals surface area contributed by atoms with E-state index < -0.39 is 12.5 Å². The third kappa shape index (κ3) is 3.85. The maximum atomic E-state index is 12.1. The highest BCUT2D eigenvalue weighted by atomic mass is 35.5. The number of benzene rings is 1. The second-order valence-corrected chi connectivity index (χ2v) is 3.67. The van der Waals surface area contributed by atoms with Gasteiger partial charge in [0, 0.05) is 19.5 Å². The molecule has 0 aliphatic rings. The van der Waals surface area contributed by atoms with Gasteiger partial charge >= 0.3 is 6.61 Å². The Kier molecular flexibility index (Phi) is 5.15. The van der Waals surface area contributed by atoms with E-state index in [0.29, 0.717) is 6.54 Å². The largest absolute Gasteiger partial charge is 0.434 e. The number of halogens is 3. The smallest absolute Gasteiger partial charge is 0.387 e. The van der Waals surface area contributed by atoms with Crippen molar-refractivity contribution in [2.24, 2.45) is 0 Å². The maximum absolute atomic E-state index is 12.1. The summed E-state index contributed by atoms with van der Waals surface area (Å²) in [5.74, 6) is -0.254. The average molecular weight is 264 g/mol. The third-order valence-corrected chi connectivity index (χ3v) is 2.27. The minimum absolute atomic E-state index is 0.0976. The summed E-state index contributed by atoms with van der Waals surface area (Å²) >= 11 is 5.51. The zero-order valence-electron chi connectivity index (χ0n) is 9.20. The van der Waals surface area contributed by atoms with E-state index in [4.69, 9.17) is 11.6 Å². The van der Waals surface area contributed by atoms with Gasteiger partial charge in [-0.2, -0.15) is 8.78 Å². The van der Waals surface area contributed by atoms with Crippen LogP contribution in [0.1, 0.15) is 10.4 Å². The predicted octanol–water partition coefficient (Wildman–Crippen LogP) is 2.60. The lowest BCUT2D eigenvalue weighted by molar-refractivity contribution is -0.0502. The number of ether oxygens (including phenoxy) is 1. The minimum Gasteiger partial charge on any atom is -0.434 e. The summed E-state index contributed by atoms with van der Waals surface area (Å²) < 4.78 is 28.6. The lowest BCUT2D eigenvalue weighted by atomic mass is 10.2. The molecule has 0 saturated carbocycles. The second-order valence-electron chi connectivity index (χ2n) is 3.29. The molecule has 0 radical (unpaired) electrons. The number of hydrogen-bond acceptors (Lipinski definition) is 2. The molecule has 0 heterocycles. The number of carbonyl (C=O) groups excluding carboxylic acids is 1. The first-order valence-electron chi connectivity index (χ1n) is 4.91. The van der Waals surface area contributed by atoms with Gasteiger partial charge in [-0.3, -0.25) is 4.79 Å². The van der Waals surface area contributed by atoms with Gasteiger partial charge in [0.2, 0.25) is 0 Å². The van der Waals surface area contributed by atoms with Crippen molar-refractivity contribution in [2.45, 2.75) is 6.61 Å². The van der Waals surface area contributed by atoms with E-state index >= 15 is 0 Å². The van der Waals surface area contributed by atoms with E-state index in [1.54, 1.807) is 13.1 Å². The predicted molar refractivity (Wildman–Crippen MR) is 60.8 cm³/mol. The van der Waals surface area contributed by atoms with Crippen molar-refractivity contribution in [2.75, 3.05) is 19.5 Å². The minimum atomic E-state index is -2.96. The highest BCUT2D eigenvalue weighted by Crippen LogP contribution is 2.21. The van der Waals surface area contributed by atoms with Gasteiger partial charge < -0.3 is 9.64 Å². The van der Waals surface area contributed by atoms with Crippen LogP contribution in [0.15, 0.2) is 24.3 Å². The molecule has 0 atom stereocenters. The summed E-state index contributed by atoms with van der Waals surface area (Å²) in [5, 5.41) is 0. The quantitative estimate of drug-likeness (QED) is 0.764. The van der Waals surface area contributed by atoms with Crippen molar-refractivity contribution in [1.29, 1.82) is 0 Å². The summed E-state index contributed by atoms with van der Waals surface area (Å²) in [5.41, 5.74) is 0.0976. The highest BCUT2D eigenvalue weighted by molar-refractivity contribution is 6.18. The summed E-state index contributed by atoms with van der Waals surface area (Å²) in [6.07, 6.45) is 0. The number of alkyl halides is 3. The van der Waals surface area contributed by atoms with Gasteiger partial charge in [0.25, 0.3) is 5.91 Å². The van der Waals surface area contributed by atoms with Crippen molar-refractivity contribution >= 4 is 17.5 Å². The number of carbonyl (C=O) groups is 1. The van der Waals surface area contributed by atoms with E-state index in [2.05, 4.69) is 4.74 Å². The van der Waals surface area contributed by atoms with E-state index in [0.717, 1.165) is 0 Å². The maximum Gasteiger partial charge on any atom is 0.387 e. The Labute approximate surface area is 103 Å². The van der Waals surface area contributed by atoms with Crippen LogP contribution in [0.3, 0.4) is 0 Å². The van der Waals surface area contributed by atoms with Gasteiger partial charge in [-0.1, -0.05) is 12.1 Å². The lowest BCUT2D eigenvalue weighted by Gasteiger charge is -2.17. The molecule has 0 unspecified atom stereocenters. The lowest BCUT2D eigenvalue weighted by Crippen LogP contribution is -2.29. The van der Waals surface area contributed by atoms with Crippen LogP contribution in [0.5, 0.6) is 5.75 Å². The second kappa shape index (κ2) is 6.39. The first-order chi connectivity index (χ1) is 8.06. The van der Waals surface area contributed by atoms with Gasteiger partial charge in [0.1, 0.15) is 5.75 Å². The Morgan fingerprint density at radius 3 is 2.71 bits per heavy atom. The van der Waals surface area contributed by atoms with Gasteiger partial charge in [0.05, 0.1) is 5.56 Å². The zero-order chi connectivity index (χ0) is 12.8. The van der Waals surface area contributed by atoms with Crippen LogP contribution >= 0.6 is 11.6 Å². The molecule has 0 aliphatic heterocycles. The first kappa shape index (κ1) is 13.7. The Balaban J connectivity index is 2.92. The molecule has 1 amide bonds. The number of para-hydroxylation sites is 1. The fourth-order valence-electron chi connectivity index (χ4n) is 1.28. The highest BCUT2D eigenvalue weighted by Gasteiger charge is 2.17. The van der Waals surface area contributed by atoms with Crippen LogP contribution in [-0.2, 0) is 0 Å². The van der Waals surface area contributed by atoms with Crippen molar-refractivity contribution in [3.63, 3.8) is 0 Å². The molecular weight excluding hydrogens is 252 g/mol. The van der Waals surface area contributed by atoms with Crippen LogP contribution in [0.4, 0.5) is 8.78 Å². The Hall–Kier alpha value is -1.36. The average Bonchev–Trinajstić information content (AvgIpc) is 2.28. The van der Waals surface area contributed by atoms with E-state index in [-0.39, 0.29) is 17.2 Å². The number of amides is 1. The summed E-state index contributed by atoms with van der Waals surface area (Å²) in [6, 6.07) is 5.87. The number of rotatable bonds is 5. The molecule has 1 rings (SSSR count). The molecule has 94 valence electrons. The van der Waals surface area contributed by atoms with Crippen molar-refractivity contribution < 1.29 is 18.3 Å². The standard InChI is InChI=1S/C11H12ClF2NO2/c1-15(7-6-12)10(16)8-4-2-3-5-9(8)17-11(13)14/h2-5,11H,6-7H2,1H3. The zero-order valence-corrected chi connectivity index (χ0v) is 9.95. The van der Waals surface area contributed by atoms with Crippen LogP contribution in [0, 0.1) is 0 Å². The van der Waals surface area contributed by atoms with Gasteiger partial charge in [-0.15, -0.1) is 11.6 Å². The molecule has 0 aromatic heterocycles. The van der Waals surface area contributed by atoms with Crippen LogP contribution in [-0.4, -0.2) is 36.9 Å². The molecular formula is C11H12ClF2NO2. The number of hydrogen-bond donors (Lipinski definition) is 0. The Morgan fingerprint density at radius 1 is 1.47 bits per heavy atom. The molecule has 0 aliphatic carbocycles. The van der Waals surface area contributed by atoms with E-state index in [9.17, 15) is 13.6 Å². The number of nitrogens with zero attached hydrogens (tertiary/aromatic N) is 1. The summed E-state index contributed by atoms with van der Waals surface area (Å²) in [4.78, 5) is 13.2. The molecule has 6 heteroatoms. The molecule has 1 aromatic rings. The third-order valence-electron chi connectivity index (χ3n) is 2.10. The topological polar surface area (TPSA) is 29.5 Å². The van der Waals surface area contributed by atoms with Crippen molar-refractivity contribution in [3.8, 4) is 5.75 Å². The molecule has 0 spiro atoms. The molecule has 3 nitrogen and oxygen atoms in total. The van der Waals surface area contributed by atoms with Crippen LogP contribution < -0.4 is 4.74 Å². The summed E-state index contributed by atoms with van der Waals surface area (Å²) in [7, 11) is 1.55. The van der Waals surface area contributed by atoms with Crippen LogP contribution in [0.25, 0.3) is 0 Å². The van der Waals surface area contributed by atoms with Gasteiger partial charge in [0.15, 0.2) is 0 Å². The van der Waals surface area contributed by atoms with Gasteiger partial charge in [-0.05, 0) is 12.1 Å². The molecule has 0 fully saturated rings. The van der Waals surface area contributed by atoms with E-state index in [1.807, 2.05) is 0 Å². The Morgan fingerprint density at radius 2 is 2.12 bits per heavy atom. The Bertz CT molecular complexity index is 387. The van der Waals surface area contributed by atoms with Crippen molar-refractivity contribution in [3.05, 3.63) is 29.8 Å². The molecule has 1 aromatic carbocycles. The molecule has 17 heavy (non-hydrogen) atoms. The molecule has 0 saturated heterocycles. The van der Waals surface area contributed by atoms with Crippen LogP contribution in [0.2, 0.25) is 0 Å². The van der Waals surface area contributed by atoms with Gasteiger partial charge in [-0.25, -0.2) is 0 Å². The SMILES string of the molecule is CN(CCCl)C(=O)c1ccccc1OC(F)F. The molecule has 0 bridgehead atoms. The first-order valence-corrected chi connectivity index (χ1v) is 5.45. The summed E-state index contributed by atoms with van der Waals surface area (Å²) in [6.45, 7) is -2.62. The fraction of sp³-hybridized carbons (Fsp3) is 0.364. The molecule has 0 N–H and O–H groups in total. The fourth-order valence-corrected chi connectivity index (χ4v) is 1.53. The van der Waals surface area contributed by atoms with Crippen molar-refractivity contribution in [1.82, 2.24) is 4.90 Å².